The van der Waals surface area contributed by atoms with E-state index in [0.29, 0.717) is 48.9 Å². The van der Waals surface area contributed by atoms with Crippen molar-refractivity contribution in [1.82, 2.24) is 29.3 Å². The van der Waals surface area contributed by atoms with Gasteiger partial charge in [-0.3, -0.25) is 9.59 Å². The number of hydrogen-bond donors (Lipinski definition) is 2. The van der Waals surface area contributed by atoms with Crippen LogP contribution in [-0.2, 0) is 27.9 Å². The number of rotatable bonds is 6. The molecule has 5 heterocycles. The van der Waals surface area contributed by atoms with E-state index in [4.69, 9.17) is 29.9 Å². The number of carbonyl (C=O) groups excluding carboxylic acids is 2. The molecular formula is C36H47N7O5. The van der Waals surface area contributed by atoms with Crippen molar-refractivity contribution in [2.45, 2.75) is 70.2 Å². The number of fused-ring (bicyclic) bond motifs is 3. The van der Waals surface area contributed by atoms with Crippen LogP contribution in [0.4, 0.5) is 0 Å². The number of pyridine rings is 1. The Bertz CT molecular complexity index is 1870. The summed E-state index contributed by atoms with van der Waals surface area (Å²) in [6.07, 6.45) is 5.60. The Morgan fingerprint density at radius 3 is 2.67 bits per heavy atom. The van der Waals surface area contributed by atoms with E-state index >= 15 is 0 Å². The van der Waals surface area contributed by atoms with Crippen LogP contribution in [0.25, 0.3) is 33.6 Å². The summed E-state index contributed by atoms with van der Waals surface area (Å²) in [5.74, 6) is 1.66. The van der Waals surface area contributed by atoms with Gasteiger partial charge in [0.15, 0.2) is 5.82 Å². The number of nitrogens with one attached hydrogen (secondary N) is 1. The molecule has 2 bridgehead atoms. The highest BCUT2D eigenvalue weighted by molar-refractivity contribution is 6.00. The highest BCUT2D eigenvalue weighted by Crippen LogP contribution is 2.56. The van der Waals surface area contributed by atoms with Gasteiger partial charge in [0, 0.05) is 57.9 Å². The van der Waals surface area contributed by atoms with Crippen molar-refractivity contribution < 1.29 is 23.8 Å². The second-order valence-electron chi connectivity index (χ2n) is 13.9. The zero-order valence-corrected chi connectivity index (χ0v) is 28.6. The number of ether oxygens (including phenoxy) is 3. The molecule has 1 aromatic carbocycles. The smallest absolute Gasteiger partial charge is 0.254 e. The summed E-state index contributed by atoms with van der Waals surface area (Å²) >= 11 is 0. The maximum atomic E-state index is 13.7. The Kier molecular flexibility index (Phi) is 8.67. The topological polar surface area (TPSA) is 139 Å². The third kappa shape index (κ3) is 5.53. The lowest BCUT2D eigenvalue weighted by Gasteiger charge is -2.36. The number of hydrogen-bond acceptors (Lipinski definition) is 8. The molecular weight excluding hydrogens is 610 g/mol. The first-order chi connectivity index (χ1) is 23.2. The van der Waals surface area contributed by atoms with Crippen LogP contribution in [-0.4, -0.2) is 89.0 Å². The molecule has 1 saturated carbocycles. The fourth-order valence-corrected chi connectivity index (χ4v) is 8.02. The fourth-order valence-electron chi connectivity index (χ4n) is 8.02. The molecule has 2 fully saturated rings. The lowest BCUT2D eigenvalue weighted by atomic mass is 9.99. The number of likely N-dealkylation sites (tertiary alicyclic amines) is 1. The van der Waals surface area contributed by atoms with Crippen LogP contribution < -0.4 is 15.8 Å². The van der Waals surface area contributed by atoms with E-state index in [-0.39, 0.29) is 30.0 Å². The van der Waals surface area contributed by atoms with Gasteiger partial charge in [0.1, 0.15) is 16.9 Å². The molecule has 12 heteroatoms. The van der Waals surface area contributed by atoms with Gasteiger partial charge >= 0.3 is 0 Å². The molecule has 3 aromatic heterocycles. The summed E-state index contributed by atoms with van der Waals surface area (Å²) in [5.41, 5.74) is 10.5. The van der Waals surface area contributed by atoms with E-state index in [1.165, 1.54) is 0 Å². The molecule has 7 rings (SSSR count). The third-order valence-electron chi connectivity index (χ3n) is 10.9. The maximum Gasteiger partial charge on any atom is 0.254 e. The first-order valence-electron chi connectivity index (χ1n) is 17.1. The molecule has 12 nitrogen and oxygen atoms in total. The average molecular weight is 658 g/mol. The van der Waals surface area contributed by atoms with Crippen LogP contribution in [0.5, 0.6) is 5.75 Å². The van der Waals surface area contributed by atoms with Crippen LogP contribution in [0.2, 0.25) is 0 Å². The van der Waals surface area contributed by atoms with Gasteiger partial charge in [-0.05, 0) is 68.9 Å². The van der Waals surface area contributed by atoms with E-state index in [0.717, 1.165) is 72.4 Å². The molecule has 1 aliphatic carbocycles. The van der Waals surface area contributed by atoms with Gasteiger partial charge in [0.05, 0.1) is 48.2 Å². The third-order valence-corrected chi connectivity index (χ3v) is 10.9. The van der Waals surface area contributed by atoms with Gasteiger partial charge in [-0.1, -0.05) is 12.8 Å². The Morgan fingerprint density at radius 2 is 1.92 bits per heavy atom. The number of imidazole rings is 1. The summed E-state index contributed by atoms with van der Waals surface area (Å²) < 4.78 is 21.1. The van der Waals surface area contributed by atoms with E-state index in [1.54, 1.807) is 32.3 Å². The van der Waals surface area contributed by atoms with Gasteiger partial charge in [-0.25, -0.2) is 9.97 Å². The molecule has 4 aromatic rings. The summed E-state index contributed by atoms with van der Waals surface area (Å²) in [7, 11) is 6.94. The van der Waals surface area contributed by atoms with Crippen molar-refractivity contribution in [2.24, 2.45) is 24.1 Å². The van der Waals surface area contributed by atoms with Crippen molar-refractivity contribution >= 4 is 33.9 Å². The number of nitrogens with two attached hydrogens (primary N) is 1. The van der Waals surface area contributed by atoms with E-state index < -0.39 is 5.41 Å². The van der Waals surface area contributed by atoms with Gasteiger partial charge in [-0.2, -0.15) is 0 Å². The molecule has 48 heavy (non-hydrogen) atoms. The van der Waals surface area contributed by atoms with Crippen LogP contribution in [0.15, 0.2) is 30.3 Å². The van der Waals surface area contributed by atoms with Crippen molar-refractivity contribution in [3.8, 4) is 17.3 Å². The number of amides is 2. The number of aromatic nitrogens is 4. The second-order valence-corrected chi connectivity index (χ2v) is 13.9. The lowest BCUT2D eigenvalue weighted by molar-refractivity contribution is -0.129. The molecule has 5 atom stereocenters. The number of methoxy groups -OCH3 is 3. The normalized spacial score (nSPS) is 26.4. The van der Waals surface area contributed by atoms with E-state index in [1.807, 2.05) is 30.7 Å². The van der Waals surface area contributed by atoms with Crippen molar-refractivity contribution in [3.05, 3.63) is 41.6 Å². The number of nitrogens with zero attached hydrogens (tertiary/aromatic N) is 5. The van der Waals surface area contributed by atoms with Gasteiger partial charge < -0.3 is 39.3 Å². The standard InChI is InChI=1S/C36H47N7O5/c1-21-26-11-10-22-16-28(43(32(22)39-26)13-8-6-7-9-24-18-36(24,20-46-3)35(45)38-21)33-40-27-15-23(17-30(48-5)31(27)41(33)2)34(44)42-14-12-29(47-4)25(37)19-42/h10-11,15-17,21,24-25,29H,6-9,12-14,18-20,37H2,1-5H3,(H,38,45)/t21-,24-,25+,29-,36-/m1/s1. The Labute approximate surface area is 280 Å². The Balaban J connectivity index is 1.26. The Morgan fingerprint density at radius 1 is 1.08 bits per heavy atom. The number of piperidine rings is 1. The summed E-state index contributed by atoms with van der Waals surface area (Å²) in [5, 5.41) is 4.25. The lowest BCUT2D eigenvalue weighted by Crippen LogP contribution is -2.53. The zero-order chi connectivity index (χ0) is 33.7. The average Bonchev–Trinajstić information content (AvgIpc) is 3.52. The Hall–Kier alpha value is -4.00. The highest BCUT2D eigenvalue weighted by atomic mass is 16.5. The minimum Gasteiger partial charge on any atom is -0.494 e. The summed E-state index contributed by atoms with van der Waals surface area (Å²) in [6.45, 7) is 4.23. The highest BCUT2D eigenvalue weighted by Gasteiger charge is 2.59. The van der Waals surface area contributed by atoms with E-state index in [9.17, 15) is 9.59 Å². The minimum atomic E-state index is -0.427. The SMILES string of the molecule is COC[C@]12C[C@H]1CCCCCn1c(-c3nc4cc(C(=O)N5CC[C@@H](OC)[C@@H](N)C5)cc(OC)c4n3C)cc3ccc(nc31)[C@@H](C)NC2=O. The summed E-state index contributed by atoms with van der Waals surface area (Å²) in [4.78, 5) is 39.2. The predicted molar refractivity (Wildman–Crippen MR) is 183 cm³/mol. The zero-order valence-electron chi connectivity index (χ0n) is 28.6. The number of benzene rings is 1. The van der Waals surface area contributed by atoms with Crippen LogP contribution in [0.1, 0.15) is 67.5 Å². The molecule has 1 saturated heterocycles. The van der Waals surface area contributed by atoms with Crippen molar-refractivity contribution in [2.75, 3.05) is 41.0 Å². The molecule has 0 radical (unpaired) electrons. The van der Waals surface area contributed by atoms with E-state index in [2.05, 4.69) is 22.0 Å². The largest absolute Gasteiger partial charge is 0.494 e. The first-order valence-corrected chi connectivity index (χ1v) is 17.1. The van der Waals surface area contributed by atoms with Gasteiger partial charge in [0.25, 0.3) is 5.91 Å². The van der Waals surface area contributed by atoms with Gasteiger partial charge in [-0.15, -0.1) is 0 Å². The number of carbonyl (C=O) groups is 2. The monoisotopic (exact) mass is 657 g/mol. The van der Waals surface area contributed by atoms with Crippen molar-refractivity contribution in [3.63, 3.8) is 0 Å². The van der Waals surface area contributed by atoms with Crippen LogP contribution >= 0.6 is 0 Å². The predicted octanol–water partition coefficient (Wildman–Crippen LogP) is 4.19. The van der Waals surface area contributed by atoms with Gasteiger partial charge in [0.2, 0.25) is 5.91 Å². The van der Waals surface area contributed by atoms with Crippen molar-refractivity contribution in [1.29, 1.82) is 0 Å². The number of aryl methyl sites for hydroxylation is 2. The molecule has 0 spiro atoms. The maximum absolute atomic E-state index is 13.7. The molecule has 0 unspecified atom stereocenters. The summed E-state index contributed by atoms with van der Waals surface area (Å²) in [6, 6.07) is 9.37. The van der Waals surface area contributed by atoms with Crippen LogP contribution in [0, 0.1) is 11.3 Å². The molecule has 2 amide bonds. The minimum absolute atomic E-state index is 0.0564. The molecule has 2 aliphatic heterocycles. The molecule has 3 aliphatic rings. The fraction of sp³-hybridized carbons (Fsp3) is 0.556. The molecule has 3 N–H and O–H groups in total. The quantitative estimate of drug-likeness (QED) is 0.315. The second kappa shape index (κ2) is 12.8. The molecule has 256 valence electrons. The van der Waals surface area contributed by atoms with Crippen LogP contribution in [0.3, 0.4) is 0 Å². The first kappa shape index (κ1) is 32.5.